The molecule has 3 heterocycles. The fraction of sp³-hybridized carbons (Fsp3) is 0.400. The third-order valence-electron chi connectivity index (χ3n) is 6.12. The van der Waals surface area contributed by atoms with Crippen LogP contribution in [0.4, 0.5) is 5.69 Å². The number of aliphatic hydroxyl groups is 2. The van der Waals surface area contributed by atoms with Gasteiger partial charge < -0.3 is 29.9 Å². The van der Waals surface area contributed by atoms with Gasteiger partial charge in [0.05, 0.1) is 23.5 Å². The fourth-order valence-electron chi connectivity index (χ4n) is 4.07. The molecular formula is C25H30N5O8P. The second-order valence-electron chi connectivity index (χ2n) is 9.01. The number of hydrogen-bond donors (Lipinski definition) is 4. The molecule has 14 heteroatoms. The van der Waals surface area contributed by atoms with Crippen molar-refractivity contribution in [1.82, 2.24) is 14.7 Å². The number of para-hydroxylation sites is 1. The zero-order valence-corrected chi connectivity index (χ0v) is 22.2. The van der Waals surface area contributed by atoms with Crippen LogP contribution in [0.15, 0.2) is 54.7 Å². The molecule has 4 rings (SSSR count). The smallest absolute Gasteiger partial charge is 0.459 e. The van der Waals surface area contributed by atoms with Crippen LogP contribution < -0.4 is 15.3 Å². The Morgan fingerprint density at radius 1 is 1.31 bits per heavy atom. The van der Waals surface area contributed by atoms with Crippen molar-refractivity contribution < 1.29 is 38.1 Å². The average Bonchev–Trinajstić information content (AvgIpc) is 3.47. The first-order valence-electron chi connectivity index (χ1n) is 12.2. The van der Waals surface area contributed by atoms with Gasteiger partial charge in [0.1, 0.15) is 42.8 Å². The van der Waals surface area contributed by atoms with E-state index in [2.05, 4.69) is 10.2 Å². The van der Waals surface area contributed by atoms with E-state index < -0.39 is 50.3 Å². The molecule has 39 heavy (non-hydrogen) atoms. The summed E-state index contributed by atoms with van der Waals surface area (Å²) in [5.41, 5.74) is 5.13. The van der Waals surface area contributed by atoms with E-state index >= 15 is 0 Å². The van der Waals surface area contributed by atoms with Gasteiger partial charge in [-0.25, -0.2) is 9.08 Å². The van der Waals surface area contributed by atoms with Crippen LogP contribution in [0.5, 0.6) is 5.75 Å². The first-order chi connectivity index (χ1) is 18.6. The van der Waals surface area contributed by atoms with Crippen LogP contribution in [0.25, 0.3) is 5.52 Å². The van der Waals surface area contributed by atoms with Gasteiger partial charge in [0.15, 0.2) is 0 Å². The van der Waals surface area contributed by atoms with Gasteiger partial charge in [-0.1, -0.05) is 25.1 Å². The van der Waals surface area contributed by atoms with E-state index in [-0.39, 0.29) is 12.4 Å². The Kier molecular flexibility index (Phi) is 8.56. The van der Waals surface area contributed by atoms with E-state index in [1.165, 1.54) is 29.8 Å². The minimum Gasteiger partial charge on any atom is -0.465 e. The van der Waals surface area contributed by atoms with Crippen molar-refractivity contribution >= 4 is 24.9 Å². The van der Waals surface area contributed by atoms with Gasteiger partial charge >= 0.3 is 13.7 Å². The topological polar surface area (TPSA) is 191 Å². The molecule has 0 bridgehead atoms. The zero-order chi connectivity index (χ0) is 28.2. The Bertz CT molecular complexity index is 1400. The van der Waals surface area contributed by atoms with Gasteiger partial charge in [0, 0.05) is 6.20 Å². The van der Waals surface area contributed by atoms with E-state index in [9.17, 15) is 24.8 Å². The number of nitrogen functional groups attached to an aromatic ring is 1. The lowest BCUT2D eigenvalue weighted by Gasteiger charge is -2.28. The predicted molar refractivity (Wildman–Crippen MR) is 138 cm³/mol. The number of hydrogen-bond acceptors (Lipinski definition) is 11. The molecule has 2 aromatic heterocycles. The minimum atomic E-state index is -4.37. The van der Waals surface area contributed by atoms with Crippen molar-refractivity contribution in [3.63, 3.8) is 0 Å². The average molecular weight is 560 g/mol. The lowest BCUT2D eigenvalue weighted by atomic mass is 9.96. The number of aromatic nitrogens is 2. The lowest BCUT2D eigenvalue weighted by Crippen LogP contribution is -2.46. The summed E-state index contributed by atoms with van der Waals surface area (Å²) in [6.45, 7) is 2.63. The van der Waals surface area contributed by atoms with Gasteiger partial charge in [-0.15, -0.1) is 0 Å². The summed E-state index contributed by atoms with van der Waals surface area (Å²) < 4.78 is 37.4. The number of benzene rings is 1. The maximum absolute atomic E-state index is 13.8. The second kappa shape index (κ2) is 11.7. The molecule has 1 saturated heterocycles. The highest BCUT2D eigenvalue weighted by Gasteiger charge is 2.57. The molecule has 0 radical (unpaired) electrons. The molecular weight excluding hydrogens is 529 g/mol. The molecule has 1 fully saturated rings. The number of anilines is 1. The highest BCUT2D eigenvalue weighted by atomic mass is 31.2. The quantitative estimate of drug-likeness (QED) is 0.198. The highest BCUT2D eigenvalue weighted by Crippen LogP contribution is 2.48. The number of carbonyl (C=O) groups excluding carboxylic acids is 1. The van der Waals surface area contributed by atoms with Crippen LogP contribution in [0.3, 0.4) is 0 Å². The Hall–Kier alpha value is -3.50. The van der Waals surface area contributed by atoms with Crippen LogP contribution in [0.1, 0.15) is 32.1 Å². The van der Waals surface area contributed by atoms with Gasteiger partial charge in [-0.2, -0.15) is 15.4 Å². The largest absolute Gasteiger partial charge is 0.465 e. The summed E-state index contributed by atoms with van der Waals surface area (Å²) in [6, 6.07) is 13.6. The van der Waals surface area contributed by atoms with Crippen molar-refractivity contribution in [3.05, 3.63) is 60.4 Å². The summed E-state index contributed by atoms with van der Waals surface area (Å²) in [6.07, 6.45) is -2.49. The molecule has 3 aromatic rings. The zero-order valence-electron chi connectivity index (χ0n) is 21.3. The van der Waals surface area contributed by atoms with E-state index in [1.54, 1.807) is 36.4 Å². The predicted octanol–water partition coefficient (Wildman–Crippen LogP) is 2.11. The number of nitrogens with zero attached hydrogens (tertiary/aromatic N) is 3. The molecule has 208 valence electrons. The normalized spacial score (nSPS) is 25.1. The third-order valence-corrected chi connectivity index (χ3v) is 7.74. The molecule has 13 nitrogen and oxygen atoms in total. The molecule has 0 aliphatic carbocycles. The third kappa shape index (κ3) is 5.91. The van der Waals surface area contributed by atoms with E-state index in [0.29, 0.717) is 23.3 Å². The van der Waals surface area contributed by atoms with Crippen LogP contribution in [0.2, 0.25) is 0 Å². The molecule has 1 aliphatic rings. The standard InChI is InChI=1S/C25H30N5O8P/c1-3-13-35-24(33)16(2)29-39(34,38-17-7-5-4-6-8-17)36-15-25(14-26)23(32)21(31)22(37-25)20-10-9-19-18(27)11-12-28-30(19)20/h4-12,16,21-23,31-32H,3,13,15,27H2,1-2H3,(H,29,34)/t16-,21-,22-,23-,25+,39-/m0/s1. The molecule has 1 aliphatic heterocycles. The van der Waals surface area contributed by atoms with Crippen LogP contribution in [0, 0.1) is 11.3 Å². The molecule has 5 N–H and O–H groups in total. The Morgan fingerprint density at radius 2 is 2.05 bits per heavy atom. The Balaban J connectivity index is 1.58. The maximum Gasteiger partial charge on any atom is 0.459 e. The SMILES string of the molecule is CCCOC(=O)[C@H](C)N[P@](=O)(OC[C@@]1(C#N)O[C@@H](c2ccc3c(N)ccnn23)[C@H](O)[C@@H]1O)Oc1ccccc1. The van der Waals surface area contributed by atoms with Gasteiger partial charge in [-0.05, 0) is 43.7 Å². The van der Waals surface area contributed by atoms with Crippen LogP contribution >= 0.6 is 7.75 Å². The molecule has 0 saturated carbocycles. The monoisotopic (exact) mass is 559 g/mol. The van der Waals surface area contributed by atoms with E-state index in [4.69, 9.17) is 24.3 Å². The van der Waals surface area contributed by atoms with Crippen LogP contribution in [-0.4, -0.2) is 62.9 Å². The van der Waals surface area contributed by atoms with Gasteiger partial charge in [0.25, 0.3) is 0 Å². The minimum absolute atomic E-state index is 0.155. The van der Waals surface area contributed by atoms with Gasteiger partial charge in [-0.3, -0.25) is 9.32 Å². The number of fused-ring (bicyclic) bond motifs is 1. The molecule has 1 aromatic carbocycles. The van der Waals surface area contributed by atoms with Crippen molar-refractivity contribution in [1.29, 1.82) is 5.26 Å². The summed E-state index contributed by atoms with van der Waals surface area (Å²) in [7, 11) is -4.37. The number of nitrogens with one attached hydrogen (secondary N) is 1. The van der Waals surface area contributed by atoms with E-state index in [0.717, 1.165) is 0 Å². The summed E-state index contributed by atoms with van der Waals surface area (Å²) in [5, 5.41) is 38.5. The first kappa shape index (κ1) is 28.5. The fourth-order valence-corrected chi connectivity index (χ4v) is 5.59. The second-order valence-corrected chi connectivity index (χ2v) is 10.7. The number of esters is 1. The number of rotatable bonds is 11. The van der Waals surface area contributed by atoms with Gasteiger partial charge in [0.2, 0.25) is 5.60 Å². The molecule has 0 unspecified atom stereocenters. The van der Waals surface area contributed by atoms with Crippen molar-refractivity contribution in [3.8, 4) is 11.8 Å². The van der Waals surface area contributed by atoms with E-state index in [1.807, 2.05) is 13.0 Å². The number of nitrogens with two attached hydrogens (primary N) is 1. The number of ether oxygens (including phenoxy) is 2. The van der Waals surface area contributed by atoms with Crippen molar-refractivity contribution in [2.45, 2.75) is 50.2 Å². The number of aliphatic hydroxyl groups excluding tert-OH is 2. The summed E-state index contributed by atoms with van der Waals surface area (Å²) in [4.78, 5) is 12.3. The molecule has 0 spiro atoms. The maximum atomic E-state index is 13.8. The highest BCUT2D eigenvalue weighted by molar-refractivity contribution is 7.52. The Morgan fingerprint density at radius 3 is 2.74 bits per heavy atom. The molecule has 6 atom stereocenters. The Labute approximate surface area is 224 Å². The van der Waals surface area contributed by atoms with Crippen molar-refractivity contribution in [2.24, 2.45) is 0 Å². The van der Waals surface area contributed by atoms with Crippen LogP contribution in [-0.2, 0) is 23.4 Å². The lowest BCUT2D eigenvalue weighted by molar-refractivity contribution is -0.145. The summed E-state index contributed by atoms with van der Waals surface area (Å²) >= 11 is 0. The first-order valence-corrected chi connectivity index (χ1v) is 13.8. The number of carbonyl (C=O) groups is 1. The molecule has 0 amide bonds. The summed E-state index contributed by atoms with van der Waals surface area (Å²) in [5.74, 6) is -0.533. The number of nitriles is 1. The van der Waals surface area contributed by atoms with Crippen molar-refractivity contribution in [2.75, 3.05) is 18.9 Å².